The van der Waals surface area contributed by atoms with E-state index in [9.17, 15) is 19.7 Å². The highest BCUT2D eigenvalue weighted by Crippen LogP contribution is 2.24. The minimum atomic E-state index is -0.577. The molecule has 176 valence electrons. The number of fused-ring (bicyclic) bond motifs is 1. The maximum atomic E-state index is 12.6. The van der Waals surface area contributed by atoms with E-state index in [0.29, 0.717) is 37.2 Å². The summed E-state index contributed by atoms with van der Waals surface area (Å²) in [6.07, 6.45) is 2.36. The van der Waals surface area contributed by atoms with Gasteiger partial charge in [-0.25, -0.2) is 9.59 Å². The predicted octanol–water partition coefficient (Wildman–Crippen LogP) is 4.56. The van der Waals surface area contributed by atoms with Crippen molar-refractivity contribution in [2.75, 3.05) is 11.9 Å². The molecule has 1 aliphatic rings. The monoisotopic (exact) mass is 455 g/mol. The average Bonchev–Trinajstić information content (AvgIpc) is 2.75. The lowest BCUT2D eigenvalue weighted by molar-refractivity contribution is -0.384. The number of ether oxygens (including phenoxy) is 1. The third kappa shape index (κ3) is 6.41. The molecular formula is C23H29N5O5. The maximum Gasteiger partial charge on any atom is 0.410 e. The number of nitro groups is 1. The Labute approximate surface area is 192 Å². The Hall–Kier alpha value is -3.69. The third-order valence-electron chi connectivity index (χ3n) is 5.15. The Morgan fingerprint density at radius 1 is 1.30 bits per heavy atom. The first kappa shape index (κ1) is 24.0. The minimum Gasteiger partial charge on any atom is -0.444 e. The van der Waals surface area contributed by atoms with Gasteiger partial charge in [-0.1, -0.05) is 19.1 Å². The van der Waals surface area contributed by atoms with Gasteiger partial charge in [0.25, 0.3) is 5.69 Å². The molecule has 0 spiro atoms. The molecule has 0 bridgehead atoms. The van der Waals surface area contributed by atoms with Crippen molar-refractivity contribution in [1.82, 2.24) is 15.2 Å². The lowest BCUT2D eigenvalue weighted by Crippen LogP contribution is -2.40. The highest BCUT2D eigenvalue weighted by Gasteiger charge is 2.26. The molecule has 1 atom stereocenters. The van der Waals surface area contributed by atoms with Crippen LogP contribution in [0.1, 0.15) is 57.0 Å². The van der Waals surface area contributed by atoms with Gasteiger partial charge in [0.05, 0.1) is 29.4 Å². The Morgan fingerprint density at radius 2 is 2.06 bits per heavy atom. The van der Waals surface area contributed by atoms with Crippen LogP contribution in [0.3, 0.4) is 0 Å². The van der Waals surface area contributed by atoms with E-state index in [4.69, 9.17) is 4.74 Å². The number of anilines is 1. The summed E-state index contributed by atoms with van der Waals surface area (Å²) in [5.74, 6) is 0. The van der Waals surface area contributed by atoms with Crippen LogP contribution in [-0.4, -0.2) is 39.1 Å². The number of carbonyl (C=O) groups excluding carboxylic acids is 2. The van der Waals surface area contributed by atoms with E-state index in [-0.39, 0.29) is 11.8 Å². The Balaban J connectivity index is 1.66. The highest BCUT2D eigenvalue weighted by molar-refractivity contribution is 5.89. The number of pyridine rings is 1. The van der Waals surface area contributed by atoms with Crippen molar-refractivity contribution in [3.05, 3.63) is 63.5 Å². The molecular weight excluding hydrogens is 426 g/mol. The smallest absolute Gasteiger partial charge is 0.410 e. The second-order valence-electron chi connectivity index (χ2n) is 8.89. The number of nitrogens with one attached hydrogen (secondary N) is 2. The van der Waals surface area contributed by atoms with Gasteiger partial charge in [-0.05, 0) is 44.4 Å². The van der Waals surface area contributed by atoms with E-state index in [0.717, 1.165) is 11.3 Å². The number of nitrogens with zero attached hydrogens (tertiary/aromatic N) is 3. The highest BCUT2D eigenvalue weighted by atomic mass is 16.6. The summed E-state index contributed by atoms with van der Waals surface area (Å²) in [7, 11) is 0. The van der Waals surface area contributed by atoms with Crippen molar-refractivity contribution >= 4 is 23.5 Å². The summed E-state index contributed by atoms with van der Waals surface area (Å²) >= 11 is 0. The molecule has 2 N–H and O–H groups in total. The molecule has 1 aromatic heterocycles. The number of aromatic nitrogens is 1. The molecule has 1 aliphatic heterocycles. The van der Waals surface area contributed by atoms with E-state index in [2.05, 4.69) is 15.6 Å². The quantitative estimate of drug-likeness (QED) is 0.503. The standard InChI is InChI=1S/C23H29N5O5/c1-5-19(15-7-6-8-18(12-15)28(31)32)26-21(29)25-17-11-16-14-27(10-9-20(16)24-13-17)22(30)33-23(2,3)4/h6-8,11-13,19H,5,9-10,14H2,1-4H3,(H2,25,26,29)/t19-/m0/s1. The van der Waals surface area contributed by atoms with Crippen molar-refractivity contribution in [2.45, 2.75) is 58.7 Å². The molecule has 33 heavy (non-hydrogen) atoms. The molecule has 0 aliphatic carbocycles. The first-order valence-corrected chi connectivity index (χ1v) is 10.8. The summed E-state index contributed by atoms with van der Waals surface area (Å²) in [5, 5.41) is 16.7. The number of amides is 3. The molecule has 2 aromatic rings. The van der Waals surface area contributed by atoms with Crippen LogP contribution in [0.5, 0.6) is 0 Å². The van der Waals surface area contributed by atoms with Gasteiger partial charge in [-0.2, -0.15) is 0 Å². The molecule has 10 heteroatoms. The summed E-state index contributed by atoms with van der Waals surface area (Å²) in [5.41, 5.74) is 2.26. The van der Waals surface area contributed by atoms with Gasteiger partial charge in [0, 0.05) is 30.8 Å². The Morgan fingerprint density at radius 3 is 2.73 bits per heavy atom. The fourth-order valence-electron chi connectivity index (χ4n) is 3.58. The van der Waals surface area contributed by atoms with Gasteiger partial charge in [0.2, 0.25) is 0 Å². The summed E-state index contributed by atoms with van der Waals surface area (Å²) in [4.78, 5) is 41.6. The van der Waals surface area contributed by atoms with Crippen LogP contribution >= 0.6 is 0 Å². The average molecular weight is 456 g/mol. The van der Waals surface area contributed by atoms with Crippen LogP contribution in [0.4, 0.5) is 21.0 Å². The van der Waals surface area contributed by atoms with Crippen molar-refractivity contribution in [3.8, 4) is 0 Å². The second-order valence-corrected chi connectivity index (χ2v) is 8.89. The number of nitro benzene ring substituents is 1. The van der Waals surface area contributed by atoms with E-state index >= 15 is 0 Å². The molecule has 10 nitrogen and oxygen atoms in total. The number of carbonyl (C=O) groups is 2. The van der Waals surface area contributed by atoms with Crippen LogP contribution in [0.25, 0.3) is 0 Å². The number of hydrogen-bond donors (Lipinski definition) is 2. The SMILES string of the molecule is CC[C@H](NC(=O)Nc1cnc2c(c1)CN(C(=O)OC(C)(C)C)CC2)c1cccc([N+](=O)[O-])c1. The van der Waals surface area contributed by atoms with Gasteiger partial charge in [0.1, 0.15) is 5.60 Å². The zero-order valence-electron chi connectivity index (χ0n) is 19.3. The Kier molecular flexibility index (Phi) is 7.15. The lowest BCUT2D eigenvalue weighted by atomic mass is 10.0. The molecule has 3 rings (SSSR count). The van der Waals surface area contributed by atoms with Crippen LogP contribution in [-0.2, 0) is 17.7 Å². The second kappa shape index (κ2) is 9.85. The van der Waals surface area contributed by atoms with Crippen molar-refractivity contribution in [2.24, 2.45) is 0 Å². The van der Waals surface area contributed by atoms with Crippen molar-refractivity contribution in [3.63, 3.8) is 0 Å². The summed E-state index contributed by atoms with van der Waals surface area (Å²) < 4.78 is 5.45. The third-order valence-corrected chi connectivity index (χ3v) is 5.15. The maximum absolute atomic E-state index is 12.6. The lowest BCUT2D eigenvalue weighted by Gasteiger charge is -2.31. The molecule has 0 fully saturated rings. The fraction of sp³-hybridized carbons (Fsp3) is 0.435. The van der Waals surface area contributed by atoms with E-state index in [1.165, 1.54) is 12.1 Å². The topological polar surface area (TPSA) is 127 Å². The van der Waals surface area contributed by atoms with Gasteiger partial charge >= 0.3 is 12.1 Å². The van der Waals surface area contributed by atoms with E-state index in [1.807, 2.05) is 27.7 Å². The molecule has 0 saturated carbocycles. The van der Waals surface area contributed by atoms with Crippen LogP contribution in [0.2, 0.25) is 0 Å². The zero-order chi connectivity index (χ0) is 24.2. The molecule has 1 aromatic carbocycles. The first-order chi connectivity index (χ1) is 15.6. The van der Waals surface area contributed by atoms with Crippen LogP contribution in [0.15, 0.2) is 36.5 Å². The number of benzene rings is 1. The normalized spacial score (nSPS) is 14.1. The zero-order valence-corrected chi connectivity index (χ0v) is 19.3. The summed E-state index contributed by atoms with van der Waals surface area (Å²) in [6.45, 7) is 8.21. The fourth-order valence-corrected chi connectivity index (χ4v) is 3.58. The first-order valence-electron chi connectivity index (χ1n) is 10.8. The Bertz CT molecular complexity index is 1050. The molecule has 3 amide bonds. The predicted molar refractivity (Wildman–Crippen MR) is 123 cm³/mol. The minimum absolute atomic E-state index is 0.0263. The van der Waals surface area contributed by atoms with E-state index in [1.54, 1.807) is 29.3 Å². The largest absolute Gasteiger partial charge is 0.444 e. The van der Waals surface area contributed by atoms with E-state index < -0.39 is 22.6 Å². The summed E-state index contributed by atoms with van der Waals surface area (Å²) in [6, 6.07) is 7.17. The van der Waals surface area contributed by atoms with Gasteiger partial charge in [-0.3, -0.25) is 15.1 Å². The molecule has 0 saturated heterocycles. The van der Waals surface area contributed by atoms with Gasteiger partial charge in [0.15, 0.2) is 0 Å². The van der Waals surface area contributed by atoms with Crippen LogP contribution in [0, 0.1) is 10.1 Å². The molecule has 2 heterocycles. The van der Waals surface area contributed by atoms with Gasteiger partial charge < -0.3 is 20.3 Å². The molecule has 0 radical (unpaired) electrons. The molecule has 0 unspecified atom stereocenters. The van der Waals surface area contributed by atoms with Crippen molar-refractivity contribution < 1.29 is 19.2 Å². The number of urea groups is 1. The van der Waals surface area contributed by atoms with Gasteiger partial charge in [-0.15, -0.1) is 0 Å². The van der Waals surface area contributed by atoms with Crippen molar-refractivity contribution in [1.29, 1.82) is 0 Å². The number of hydrogen-bond acceptors (Lipinski definition) is 6. The number of non-ortho nitro benzene ring substituents is 1. The van der Waals surface area contributed by atoms with Crippen LogP contribution < -0.4 is 10.6 Å². The number of rotatable bonds is 5.